The first-order chi connectivity index (χ1) is 11.1. The Morgan fingerprint density at radius 1 is 1.09 bits per heavy atom. The molecule has 0 aliphatic heterocycles. The van der Waals surface area contributed by atoms with Gasteiger partial charge in [0, 0.05) is 18.7 Å². The lowest BCUT2D eigenvalue weighted by Crippen LogP contribution is -2.06. The molecule has 0 fully saturated rings. The Bertz CT molecular complexity index is 787. The first-order valence-corrected chi connectivity index (χ1v) is 7.20. The fourth-order valence-corrected chi connectivity index (χ4v) is 2.08. The third kappa shape index (κ3) is 3.85. The normalized spacial score (nSPS) is 12.0. The molecular formula is C17H16FN3O2. The maximum absolute atomic E-state index is 13.1. The lowest BCUT2D eigenvalue weighted by atomic mass is 10.2. The molecule has 3 rings (SSSR count). The van der Waals surface area contributed by atoms with Gasteiger partial charge in [-0.05, 0) is 43.3 Å². The molecule has 6 heteroatoms. The van der Waals surface area contributed by atoms with Gasteiger partial charge in [0.1, 0.15) is 23.4 Å². The van der Waals surface area contributed by atoms with Crippen molar-refractivity contribution in [1.82, 2.24) is 10.2 Å². The molecule has 0 aliphatic rings. The maximum atomic E-state index is 13.1. The summed E-state index contributed by atoms with van der Waals surface area (Å²) in [6.45, 7) is 3.69. The Labute approximate surface area is 133 Å². The predicted molar refractivity (Wildman–Crippen MR) is 84.0 cm³/mol. The number of nitrogens with zero attached hydrogens (tertiary/aromatic N) is 2. The summed E-state index contributed by atoms with van der Waals surface area (Å²) < 4.78 is 24.1. The van der Waals surface area contributed by atoms with Gasteiger partial charge in [0.25, 0.3) is 0 Å². The minimum Gasteiger partial charge on any atom is -0.457 e. The Morgan fingerprint density at radius 2 is 1.87 bits per heavy atom. The van der Waals surface area contributed by atoms with E-state index in [0.717, 1.165) is 5.69 Å². The van der Waals surface area contributed by atoms with E-state index in [9.17, 15) is 4.39 Å². The Morgan fingerprint density at radius 3 is 2.52 bits per heavy atom. The van der Waals surface area contributed by atoms with E-state index in [1.165, 1.54) is 12.1 Å². The van der Waals surface area contributed by atoms with Gasteiger partial charge < -0.3 is 14.5 Å². The van der Waals surface area contributed by atoms with E-state index in [-0.39, 0.29) is 11.9 Å². The second kappa shape index (κ2) is 6.48. The van der Waals surface area contributed by atoms with Crippen LogP contribution in [0.25, 0.3) is 0 Å². The number of aryl methyl sites for hydroxylation is 1. The number of anilines is 1. The molecule has 1 N–H and O–H groups in total. The number of nitrogens with one attached hydrogen (secondary N) is 1. The molecule has 0 unspecified atom stereocenters. The highest BCUT2D eigenvalue weighted by atomic mass is 19.1. The molecular weight excluding hydrogens is 297 g/mol. The molecule has 5 nitrogen and oxygen atoms in total. The Kier molecular flexibility index (Phi) is 4.23. The van der Waals surface area contributed by atoms with Crippen molar-refractivity contribution in [2.24, 2.45) is 0 Å². The van der Waals surface area contributed by atoms with Gasteiger partial charge in [-0.3, -0.25) is 0 Å². The topological polar surface area (TPSA) is 60.2 Å². The predicted octanol–water partition coefficient (Wildman–Crippen LogP) is 4.48. The van der Waals surface area contributed by atoms with Crippen LogP contribution in [-0.2, 0) is 0 Å². The van der Waals surface area contributed by atoms with E-state index in [0.29, 0.717) is 23.3 Å². The van der Waals surface area contributed by atoms with Crippen LogP contribution in [0, 0.1) is 12.7 Å². The van der Waals surface area contributed by atoms with Crippen LogP contribution < -0.4 is 10.1 Å². The molecule has 1 aromatic heterocycles. The summed E-state index contributed by atoms with van der Waals surface area (Å²) in [6.07, 6.45) is 0. The zero-order chi connectivity index (χ0) is 16.2. The number of benzene rings is 2. The number of aromatic nitrogens is 2. The van der Waals surface area contributed by atoms with Crippen molar-refractivity contribution in [2.75, 3.05) is 5.32 Å². The van der Waals surface area contributed by atoms with Gasteiger partial charge in [0.05, 0.1) is 0 Å². The molecule has 0 aliphatic carbocycles. The summed E-state index contributed by atoms with van der Waals surface area (Å²) in [5.41, 5.74) is 0.889. The fourth-order valence-electron chi connectivity index (χ4n) is 2.08. The van der Waals surface area contributed by atoms with E-state index < -0.39 is 0 Å². The van der Waals surface area contributed by atoms with E-state index in [1.54, 1.807) is 31.2 Å². The summed E-state index contributed by atoms with van der Waals surface area (Å²) in [5, 5.41) is 11.1. The van der Waals surface area contributed by atoms with Crippen molar-refractivity contribution in [2.45, 2.75) is 19.9 Å². The van der Waals surface area contributed by atoms with E-state index in [2.05, 4.69) is 15.5 Å². The minimum absolute atomic E-state index is 0.105. The van der Waals surface area contributed by atoms with Crippen LogP contribution >= 0.6 is 0 Å². The molecule has 1 atom stereocenters. The van der Waals surface area contributed by atoms with Crippen LogP contribution in [0.4, 0.5) is 10.1 Å². The lowest BCUT2D eigenvalue weighted by molar-refractivity contribution is 0.451. The van der Waals surface area contributed by atoms with Gasteiger partial charge in [-0.2, -0.15) is 0 Å². The minimum atomic E-state index is -0.329. The number of halogens is 1. The maximum Gasteiger partial charge on any atom is 0.238 e. The van der Waals surface area contributed by atoms with Crippen LogP contribution in [0.5, 0.6) is 11.5 Å². The van der Waals surface area contributed by atoms with Crippen molar-refractivity contribution in [3.8, 4) is 11.5 Å². The van der Waals surface area contributed by atoms with Crippen molar-refractivity contribution in [3.63, 3.8) is 0 Å². The smallest absolute Gasteiger partial charge is 0.238 e. The number of hydrogen-bond acceptors (Lipinski definition) is 5. The SMILES string of the molecule is Cc1nnc([C@H](C)Nc2ccc(Oc3cccc(F)c3)cc2)o1. The van der Waals surface area contributed by atoms with Crippen LogP contribution in [0.2, 0.25) is 0 Å². The zero-order valence-electron chi connectivity index (χ0n) is 12.8. The van der Waals surface area contributed by atoms with Gasteiger partial charge in [-0.15, -0.1) is 10.2 Å². The van der Waals surface area contributed by atoms with E-state index in [4.69, 9.17) is 9.15 Å². The Hall–Kier alpha value is -2.89. The molecule has 3 aromatic rings. The number of ether oxygens (including phenoxy) is 1. The summed E-state index contributed by atoms with van der Waals surface area (Å²) in [6, 6.07) is 13.3. The quantitative estimate of drug-likeness (QED) is 0.752. The molecule has 2 aromatic carbocycles. The summed E-state index contributed by atoms with van der Waals surface area (Å²) in [4.78, 5) is 0. The second-order valence-electron chi connectivity index (χ2n) is 5.11. The highest BCUT2D eigenvalue weighted by Crippen LogP contribution is 2.25. The molecule has 0 spiro atoms. The second-order valence-corrected chi connectivity index (χ2v) is 5.11. The fraction of sp³-hybridized carbons (Fsp3) is 0.176. The molecule has 1 heterocycles. The first-order valence-electron chi connectivity index (χ1n) is 7.20. The van der Waals surface area contributed by atoms with Gasteiger partial charge in [0.2, 0.25) is 11.8 Å². The van der Waals surface area contributed by atoms with Crippen molar-refractivity contribution in [3.05, 3.63) is 66.1 Å². The largest absolute Gasteiger partial charge is 0.457 e. The standard InChI is InChI=1S/C17H16FN3O2/c1-11(17-21-20-12(2)22-17)19-14-6-8-15(9-7-14)23-16-5-3-4-13(18)10-16/h3-11,19H,1-2H3/t11-/m0/s1. The van der Waals surface area contributed by atoms with Crippen molar-refractivity contribution in [1.29, 1.82) is 0 Å². The summed E-state index contributed by atoms with van der Waals surface area (Å²) >= 11 is 0. The average Bonchev–Trinajstić information content (AvgIpc) is 2.96. The number of rotatable bonds is 5. The highest BCUT2D eigenvalue weighted by molar-refractivity contribution is 5.48. The van der Waals surface area contributed by atoms with E-state index >= 15 is 0 Å². The monoisotopic (exact) mass is 313 g/mol. The van der Waals surface area contributed by atoms with Crippen LogP contribution in [0.15, 0.2) is 52.9 Å². The van der Waals surface area contributed by atoms with Gasteiger partial charge in [-0.25, -0.2) is 4.39 Å². The summed E-state index contributed by atoms with van der Waals surface area (Å²) in [7, 11) is 0. The van der Waals surface area contributed by atoms with Gasteiger partial charge in [0.15, 0.2) is 0 Å². The molecule has 118 valence electrons. The van der Waals surface area contributed by atoms with Gasteiger partial charge in [-0.1, -0.05) is 6.07 Å². The zero-order valence-corrected chi connectivity index (χ0v) is 12.8. The van der Waals surface area contributed by atoms with Crippen molar-refractivity contribution >= 4 is 5.69 Å². The van der Waals surface area contributed by atoms with Crippen LogP contribution in [-0.4, -0.2) is 10.2 Å². The molecule has 0 radical (unpaired) electrons. The molecule has 0 saturated carbocycles. The lowest BCUT2D eigenvalue weighted by Gasteiger charge is -2.12. The molecule has 0 saturated heterocycles. The number of hydrogen-bond donors (Lipinski definition) is 1. The highest BCUT2D eigenvalue weighted by Gasteiger charge is 2.12. The van der Waals surface area contributed by atoms with E-state index in [1.807, 2.05) is 19.1 Å². The third-order valence-corrected chi connectivity index (χ3v) is 3.18. The van der Waals surface area contributed by atoms with Crippen LogP contribution in [0.3, 0.4) is 0 Å². The molecule has 23 heavy (non-hydrogen) atoms. The van der Waals surface area contributed by atoms with Crippen LogP contribution in [0.1, 0.15) is 24.7 Å². The molecule has 0 amide bonds. The first kappa shape index (κ1) is 15.0. The third-order valence-electron chi connectivity index (χ3n) is 3.18. The summed E-state index contributed by atoms with van der Waals surface area (Å²) in [5.74, 6) is 1.82. The van der Waals surface area contributed by atoms with Crippen molar-refractivity contribution < 1.29 is 13.5 Å². The Balaban J connectivity index is 1.65. The molecule has 0 bridgehead atoms. The average molecular weight is 313 g/mol. The van der Waals surface area contributed by atoms with Gasteiger partial charge >= 0.3 is 0 Å².